The van der Waals surface area contributed by atoms with E-state index in [4.69, 9.17) is 10.0 Å². The minimum absolute atomic E-state index is 0.465. The van der Waals surface area contributed by atoms with Crippen molar-refractivity contribution in [2.24, 2.45) is 5.92 Å². The Labute approximate surface area is 84.5 Å². The average molecular weight is 194 g/mol. The third-order valence-corrected chi connectivity index (χ3v) is 1.81. The van der Waals surface area contributed by atoms with Crippen molar-refractivity contribution < 1.29 is 14.7 Å². The van der Waals surface area contributed by atoms with Crippen molar-refractivity contribution in [2.45, 2.75) is 20.3 Å². The number of rotatable bonds is 4. The van der Waals surface area contributed by atoms with Crippen LogP contribution >= 0.6 is 0 Å². The minimum atomic E-state index is -1.74. The van der Waals surface area contributed by atoms with Crippen molar-refractivity contribution in [3.8, 4) is 5.75 Å². The highest BCUT2D eigenvalue weighted by Crippen LogP contribution is 2.14. The monoisotopic (exact) mass is 194 g/mol. The highest BCUT2D eigenvalue weighted by Gasteiger charge is 2.10. The zero-order valence-electron chi connectivity index (χ0n) is 8.47. The zero-order valence-corrected chi connectivity index (χ0v) is 8.47. The van der Waals surface area contributed by atoms with Gasteiger partial charge in [-0.15, -0.1) is 0 Å². The van der Waals surface area contributed by atoms with Crippen molar-refractivity contribution in [1.29, 1.82) is 0 Å². The van der Waals surface area contributed by atoms with E-state index in [0.29, 0.717) is 11.7 Å². The molecular weight excluding hydrogens is 179 g/mol. The largest absolute Gasteiger partial charge is 0.707 e. The lowest BCUT2D eigenvalue weighted by Crippen LogP contribution is -2.20. The first-order valence-corrected chi connectivity index (χ1v) is 4.69. The topological polar surface area (TPSA) is 49.7 Å². The van der Waals surface area contributed by atoms with E-state index >= 15 is 0 Å². The van der Waals surface area contributed by atoms with E-state index in [-0.39, 0.29) is 0 Å². The summed E-state index contributed by atoms with van der Waals surface area (Å²) in [6.45, 7) is 4.31. The molecule has 0 saturated carbocycles. The van der Waals surface area contributed by atoms with Crippen LogP contribution in [0, 0.1) is 5.92 Å². The van der Waals surface area contributed by atoms with E-state index in [1.807, 2.05) is 12.1 Å². The van der Waals surface area contributed by atoms with E-state index in [2.05, 4.69) is 18.5 Å². The Morgan fingerprint density at radius 1 is 1.21 bits per heavy atom. The molecule has 0 spiro atoms. The lowest BCUT2D eigenvalue weighted by atomic mass is 10.0. The molecule has 0 saturated heterocycles. The normalized spacial score (nSPS) is 10.4. The molecule has 1 rings (SSSR count). The van der Waals surface area contributed by atoms with Crippen molar-refractivity contribution in [3.63, 3.8) is 0 Å². The van der Waals surface area contributed by atoms with Gasteiger partial charge >= 0.3 is 7.32 Å². The molecule has 0 amide bonds. The molecule has 0 bridgehead atoms. The molecule has 0 aromatic heterocycles. The number of hydrogen-bond acceptors (Lipinski definition) is 3. The Balaban J connectivity index is 2.59. The van der Waals surface area contributed by atoms with Gasteiger partial charge in [0.05, 0.1) is 0 Å². The van der Waals surface area contributed by atoms with E-state index in [1.54, 1.807) is 12.1 Å². The van der Waals surface area contributed by atoms with Crippen LogP contribution in [0.4, 0.5) is 0 Å². The molecule has 0 unspecified atom stereocenters. The Bertz CT molecular complexity index is 240. The molecule has 0 fully saturated rings. The van der Waals surface area contributed by atoms with Gasteiger partial charge in [-0.3, -0.25) is 0 Å². The van der Waals surface area contributed by atoms with Gasteiger partial charge in [0, 0.05) is 0 Å². The molecule has 0 aliphatic carbocycles. The smallest absolute Gasteiger partial charge is 0.512 e. The molecule has 14 heavy (non-hydrogen) atoms. The molecule has 3 nitrogen and oxygen atoms in total. The highest BCUT2D eigenvalue weighted by molar-refractivity contribution is 6.33. The first-order chi connectivity index (χ1) is 6.58. The van der Waals surface area contributed by atoms with Crippen molar-refractivity contribution in [2.75, 3.05) is 0 Å². The van der Waals surface area contributed by atoms with Gasteiger partial charge in [0.1, 0.15) is 5.75 Å². The molecule has 1 aromatic rings. The predicted octanol–water partition coefficient (Wildman–Crippen LogP) is 1.23. The summed E-state index contributed by atoms with van der Waals surface area (Å²) in [7, 11) is -1.74. The minimum Gasteiger partial charge on any atom is -0.512 e. The van der Waals surface area contributed by atoms with Crippen molar-refractivity contribution in [3.05, 3.63) is 29.8 Å². The average Bonchev–Trinajstić information content (AvgIpc) is 2.06. The molecule has 0 atom stereocenters. The maximum Gasteiger partial charge on any atom is 0.707 e. The third-order valence-electron chi connectivity index (χ3n) is 1.81. The van der Waals surface area contributed by atoms with Gasteiger partial charge in [0.2, 0.25) is 0 Å². The molecule has 1 aromatic carbocycles. The summed E-state index contributed by atoms with van der Waals surface area (Å²) in [4.78, 5) is 0. The Hall–Kier alpha value is -0.995. The van der Waals surface area contributed by atoms with Crippen LogP contribution in [-0.4, -0.2) is 17.4 Å². The first-order valence-electron chi connectivity index (χ1n) is 4.69. The maximum absolute atomic E-state index is 8.55. The Morgan fingerprint density at radius 2 is 1.79 bits per heavy atom. The quantitative estimate of drug-likeness (QED) is 0.708. The second-order valence-corrected chi connectivity index (χ2v) is 3.69. The van der Waals surface area contributed by atoms with Crippen LogP contribution in [0.2, 0.25) is 0 Å². The first kappa shape index (κ1) is 11.1. The molecule has 0 aliphatic heterocycles. The van der Waals surface area contributed by atoms with Crippen LogP contribution in [-0.2, 0) is 6.42 Å². The van der Waals surface area contributed by atoms with Crippen molar-refractivity contribution >= 4 is 7.32 Å². The summed E-state index contributed by atoms with van der Waals surface area (Å²) < 4.78 is 4.69. The lowest BCUT2D eigenvalue weighted by Gasteiger charge is -2.07. The third kappa shape index (κ3) is 3.81. The van der Waals surface area contributed by atoms with Crippen LogP contribution in [0.1, 0.15) is 19.4 Å². The van der Waals surface area contributed by atoms with Crippen LogP contribution in [0.15, 0.2) is 24.3 Å². The molecule has 0 radical (unpaired) electrons. The molecule has 76 valence electrons. The SMILES string of the molecule is CC(C)Cc1ccc(OB(O)O)cc1. The van der Waals surface area contributed by atoms with Crippen molar-refractivity contribution in [1.82, 2.24) is 0 Å². The number of hydrogen-bond donors (Lipinski definition) is 2. The van der Waals surface area contributed by atoms with Crippen LogP contribution < -0.4 is 4.65 Å². The van der Waals surface area contributed by atoms with Gasteiger partial charge in [0.15, 0.2) is 0 Å². The van der Waals surface area contributed by atoms with E-state index < -0.39 is 7.32 Å². The second-order valence-electron chi connectivity index (χ2n) is 3.69. The predicted molar refractivity (Wildman–Crippen MR) is 55.8 cm³/mol. The Morgan fingerprint density at radius 3 is 2.21 bits per heavy atom. The highest BCUT2D eigenvalue weighted by atomic mass is 16.6. The van der Waals surface area contributed by atoms with E-state index in [1.165, 1.54) is 5.56 Å². The number of benzene rings is 1. The van der Waals surface area contributed by atoms with Gasteiger partial charge in [0.25, 0.3) is 0 Å². The summed E-state index contributed by atoms with van der Waals surface area (Å²) in [5.41, 5.74) is 1.22. The van der Waals surface area contributed by atoms with E-state index in [9.17, 15) is 0 Å². The molecule has 0 aliphatic rings. The summed E-state index contributed by atoms with van der Waals surface area (Å²) in [5, 5.41) is 17.1. The lowest BCUT2D eigenvalue weighted by molar-refractivity contribution is 0.288. The van der Waals surface area contributed by atoms with Crippen LogP contribution in [0.25, 0.3) is 0 Å². The summed E-state index contributed by atoms with van der Waals surface area (Å²) in [6, 6.07) is 7.32. The van der Waals surface area contributed by atoms with E-state index in [0.717, 1.165) is 6.42 Å². The fourth-order valence-electron chi connectivity index (χ4n) is 1.30. The second kappa shape index (κ2) is 5.03. The van der Waals surface area contributed by atoms with Crippen LogP contribution in [0.3, 0.4) is 0 Å². The fraction of sp³-hybridized carbons (Fsp3) is 0.400. The summed E-state index contributed by atoms with van der Waals surface area (Å²) in [5.74, 6) is 1.08. The molecule has 0 heterocycles. The zero-order chi connectivity index (χ0) is 10.6. The summed E-state index contributed by atoms with van der Waals surface area (Å²) >= 11 is 0. The molecule has 2 N–H and O–H groups in total. The Kier molecular flexibility index (Phi) is 3.98. The summed E-state index contributed by atoms with van der Waals surface area (Å²) in [6.07, 6.45) is 1.02. The van der Waals surface area contributed by atoms with Crippen LogP contribution in [0.5, 0.6) is 5.75 Å². The molecule has 4 heteroatoms. The van der Waals surface area contributed by atoms with Gasteiger partial charge in [-0.2, -0.15) is 0 Å². The standard InChI is InChI=1S/C10H15BO3/c1-8(2)7-9-3-5-10(6-4-9)14-11(12)13/h3-6,8,12-13H,7H2,1-2H3. The fourth-order valence-corrected chi connectivity index (χ4v) is 1.30. The van der Waals surface area contributed by atoms with Gasteiger partial charge in [-0.1, -0.05) is 26.0 Å². The van der Waals surface area contributed by atoms with Gasteiger partial charge < -0.3 is 14.7 Å². The maximum atomic E-state index is 8.55. The van der Waals surface area contributed by atoms with Gasteiger partial charge in [-0.05, 0) is 30.0 Å². The molecular formula is C10H15BO3. The van der Waals surface area contributed by atoms with Gasteiger partial charge in [-0.25, -0.2) is 0 Å².